The number of para-hydroxylation sites is 1. The zero-order chi connectivity index (χ0) is 13.2. The van der Waals surface area contributed by atoms with Crippen LogP contribution in [0.5, 0.6) is 0 Å². The predicted molar refractivity (Wildman–Crippen MR) is 78.6 cm³/mol. The molecule has 1 aromatic carbocycles. The Kier molecular flexibility index (Phi) is 3.50. The number of benzene rings is 1. The molecule has 0 spiro atoms. The van der Waals surface area contributed by atoms with E-state index in [1.165, 1.54) is 4.70 Å². The number of hydrogen-bond acceptors (Lipinski definition) is 5. The van der Waals surface area contributed by atoms with Gasteiger partial charge in [0.1, 0.15) is 5.03 Å². The Hall–Kier alpha value is -1.43. The maximum absolute atomic E-state index is 9.44. The summed E-state index contributed by atoms with van der Waals surface area (Å²) in [5.41, 5.74) is 1.85. The average molecular weight is 288 g/mol. The molecule has 2 aromatic heterocycles. The van der Waals surface area contributed by atoms with Gasteiger partial charge >= 0.3 is 0 Å². The number of aliphatic hydroxyl groups is 1. The lowest BCUT2D eigenvalue weighted by Gasteiger charge is -2.03. The molecule has 0 radical (unpaired) electrons. The molecule has 0 aliphatic carbocycles. The summed E-state index contributed by atoms with van der Waals surface area (Å²) in [5.74, 6) is 0. The number of nitrogens with zero attached hydrogens (tertiary/aromatic N) is 2. The molecule has 1 atom stereocenters. The number of aromatic nitrogens is 2. The highest BCUT2D eigenvalue weighted by molar-refractivity contribution is 8.01. The van der Waals surface area contributed by atoms with Gasteiger partial charge in [0.15, 0.2) is 4.34 Å². The van der Waals surface area contributed by atoms with E-state index in [2.05, 4.69) is 16.0 Å². The number of fused-ring (bicyclic) bond motifs is 1. The summed E-state index contributed by atoms with van der Waals surface area (Å²) in [5, 5.41) is 10.3. The van der Waals surface area contributed by atoms with Crippen LogP contribution < -0.4 is 0 Å². The van der Waals surface area contributed by atoms with Gasteiger partial charge in [0.25, 0.3) is 0 Å². The smallest absolute Gasteiger partial charge is 0.157 e. The van der Waals surface area contributed by atoms with E-state index in [0.29, 0.717) is 0 Å². The number of rotatable bonds is 3. The summed E-state index contributed by atoms with van der Waals surface area (Å²) in [6.45, 7) is 1.73. The molecule has 96 valence electrons. The van der Waals surface area contributed by atoms with Gasteiger partial charge in [-0.1, -0.05) is 18.2 Å². The molecule has 0 saturated carbocycles. The van der Waals surface area contributed by atoms with Crippen molar-refractivity contribution in [3.8, 4) is 0 Å². The first kappa shape index (κ1) is 12.6. The van der Waals surface area contributed by atoms with Crippen molar-refractivity contribution in [2.24, 2.45) is 0 Å². The Morgan fingerprint density at radius 1 is 1.21 bits per heavy atom. The zero-order valence-corrected chi connectivity index (χ0v) is 11.9. The molecule has 5 heteroatoms. The highest BCUT2D eigenvalue weighted by Gasteiger charge is 2.07. The molecule has 0 aliphatic heterocycles. The minimum atomic E-state index is -0.478. The molecule has 0 saturated heterocycles. The number of aliphatic hydroxyl groups excluding tert-OH is 1. The minimum Gasteiger partial charge on any atom is -0.389 e. The second-order valence-electron chi connectivity index (χ2n) is 4.16. The van der Waals surface area contributed by atoms with Crippen LogP contribution >= 0.6 is 23.1 Å². The van der Waals surface area contributed by atoms with Crippen molar-refractivity contribution in [2.75, 3.05) is 0 Å². The van der Waals surface area contributed by atoms with E-state index in [4.69, 9.17) is 0 Å². The van der Waals surface area contributed by atoms with E-state index in [1.54, 1.807) is 36.2 Å². The maximum Gasteiger partial charge on any atom is 0.157 e. The lowest BCUT2D eigenvalue weighted by Crippen LogP contribution is -1.91. The van der Waals surface area contributed by atoms with Gasteiger partial charge in [0.2, 0.25) is 0 Å². The van der Waals surface area contributed by atoms with Gasteiger partial charge in [-0.3, -0.25) is 0 Å². The van der Waals surface area contributed by atoms with Crippen molar-refractivity contribution in [2.45, 2.75) is 22.4 Å². The summed E-state index contributed by atoms with van der Waals surface area (Å²) in [7, 11) is 0. The summed E-state index contributed by atoms with van der Waals surface area (Å²) in [4.78, 5) is 8.89. The predicted octanol–water partition coefficient (Wildman–Crippen LogP) is 3.90. The summed E-state index contributed by atoms with van der Waals surface area (Å²) in [6, 6.07) is 11.9. The van der Waals surface area contributed by atoms with Crippen LogP contribution in [0.4, 0.5) is 0 Å². The quantitative estimate of drug-likeness (QED) is 0.794. The Balaban J connectivity index is 1.84. The standard InChI is InChI=1S/C14H12N2OS2/c1-9(17)10-6-7-13(15-8-10)19-14-16-11-4-2-3-5-12(11)18-14/h2-9,17H,1H3. The molecule has 0 bridgehead atoms. The van der Waals surface area contributed by atoms with Gasteiger partial charge in [-0.2, -0.15) is 0 Å². The van der Waals surface area contributed by atoms with Gasteiger partial charge in [0, 0.05) is 6.20 Å². The average Bonchev–Trinajstić information content (AvgIpc) is 2.81. The van der Waals surface area contributed by atoms with Crippen LogP contribution in [-0.2, 0) is 0 Å². The summed E-state index contributed by atoms with van der Waals surface area (Å²) >= 11 is 3.21. The van der Waals surface area contributed by atoms with Crippen molar-refractivity contribution < 1.29 is 5.11 Å². The monoisotopic (exact) mass is 288 g/mol. The molecule has 1 unspecified atom stereocenters. The first-order valence-electron chi connectivity index (χ1n) is 5.90. The molecular weight excluding hydrogens is 276 g/mol. The molecule has 19 heavy (non-hydrogen) atoms. The minimum absolute atomic E-state index is 0.478. The van der Waals surface area contributed by atoms with Crippen LogP contribution in [0.2, 0.25) is 0 Å². The SMILES string of the molecule is CC(O)c1ccc(Sc2nc3ccccc3s2)nc1. The number of pyridine rings is 1. The largest absolute Gasteiger partial charge is 0.389 e. The van der Waals surface area contributed by atoms with Crippen LogP contribution in [0.25, 0.3) is 10.2 Å². The highest BCUT2D eigenvalue weighted by Crippen LogP contribution is 2.33. The van der Waals surface area contributed by atoms with Crippen molar-refractivity contribution >= 4 is 33.3 Å². The van der Waals surface area contributed by atoms with Crippen molar-refractivity contribution in [1.82, 2.24) is 9.97 Å². The Morgan fingerprint density at radius 3 is 2.74 bits per heavy atom. The van der Waals surface area contributed by atoms with Gasteiger partial charge in [-0.15, -0.1) is 11.3 Å². The normalized spacial score (nSPS) is 12.7. The van der Waals surface area contributed by atoms with Gasteiger partial charge in [-0.05, 0) is 42.4 Å². The molecule has 1 N–H and O–H groups in total. The lowest BCUT2D eigenvalue weighted by molar-refractivity contribution is 0.198. The third-order valence-corrected chi connectivity index (χ3v) is 4.76. The Bertz CT molecular complexity index is 659. The third kappa shape index (κ3) is 2.78. The topological polar surface area (TPSA) is 46.0 Å². The molecule has 2 heterocycles. The first-order valence-corrected chi connectivity index (χ1v) is 7.53. The van der Waals surface area contributed by atoms with Crippen molar-refractivity contribution in [3.05, 3.63) is 48.2 Å². The fourth-order valence-electron chi connectivity index (χ4n) is 1.68. The van der Waals surface area contributed by atoms with E-state index < -0.39 is 6.10 Å². The van der Waals surface area contributed by atoms with Gasteiger partial charge < -0.3 is 5.11 Å². The van der Waals surface area contributed by atoms with E-state index in [0.717, 1.165) is 20.4 Å². The van der Waals surface area contributed by atoms with E-state index in [9.17, 15) is 5.11 Å². The van der Waals surface area contributed by atoms with Crippen LogP contribution in [0.15, 0.2) is 52.0 Å². The van der Waals surface area contributed by atoms with Crippen molar-refractivity contribution in [3.63, 3.8) is 0 Å². The Morgan fingerprint density at radius 2 is 2.05 bits per heavy atom. The third-order valence-electron chi connectivity index (χ3n) is 2.71. The van der Waals surface area contributed by atoms with Crippen LogP contribution in [0.1, 0.15) is 18.6 Å². The molecule has 3 aromatic rings. The molecular formula is C14H12N2OS2. The molecule has 3 rings (SSSR count). The fraction of sp³-hybridized carbons (Fsp3) is 0.143. The first-order chi connectivity index (χ1) is 9.22. The summed E-state index contributed by atoms with van der Waals surface area (Å²) < 4.78 is 2.17. The van der Waals surface area contributed by atoms with Gasteiger partial charge in [0.05, 0.1) is 16.3 Å². The lowest BCUT2D eigenvalue weighted by atomic mass is 10.2. The number of thiazole rings is 1. The molecule has 0 amide bonds. The second-order valence-corrected chi connectivity index (χ2v) is 6.45. The highest BCUT2D eigenvalue weighted by atomic mass is 32.2. The zero-order valence-electron chi connectivity index (χ0n) is 10.3. The van der Waals surface area contributed by atoms with Crippen LogP contribution in [-0.4, -0.2) is 15.1 Å². The summed E-state index contributed by atoms with van der Waals surface area (Å²) in [6.07, 6.45) is 1.23. The Labute approximate surface area is 119 Å². The van der Waals surface area contributed by atoms with E-state index >= 15 is 0 Å². The van der Waals surface area contributed by atoms with Crippen molar-refractivity contribution in [1.29, 1.82) is 0 Å². The van der Waals surface area contributed by atoms with Gasteiger partial charge in [-0.25, -0.2) is 9.97 Å². The van der Waals surface area contributed by atoms with E-state index in [1.807, 2.05) is 30.3 Å². The van der Waals surface area contributed by atoms with Crippen LogP contribution in [0.3, 0.4) is 0 Å². The molecule has 3 nitrogen and oxygen atoms in total. The molecule has 0 aliphatic rings. The van der Waals surface area contributed by atoms with E-state index in [-0.39, 0.29) is 0 Å². The number of hydrogen-bond donors (Lipinski definition) is 1. The second kappa shape index (κ2) is 5.28. The fourth-order valence-corrected chi connectivity index (χ4v) is 3.64. The van der Waals surface area contributed by atoms with Crippen LogP contribution in [0, 0.1) is 0 Å². The molecule has 0 fully saturated rings. The maximum atomic E-state index is 9.44.